The third-order valence-electron chi connectivity index (χ3n) is 4.41. The number of benzene rings is 2. The molecule has 4 heteroatoms. The maximum absolute atomic E-state index is 10.5. The molecule has 0 bridgehead atoms. The third kappa shape index (κ3) is 2.67. The summed E-state index contributed by atoms with van der Waals surface area (Å²) in [5.74, 6) is 0.614. The Balaban J connectivity index is 1.73. The number of nitrogens with zero attached hydrogens (tertiary/aromatic N) is 1. The minimum Gasteiger partial charge on any atom is -0.504 e. The minimum atomic E-state index is -0.465. The first-order valence-electron chi connectivity index (χ1n) is 7.42. The lowest BCUT2D eigenvalue weighted by molar-refractivity contribution is 0.0721. The second-order valence-corrected chi connectivity index (χ2v) is 5.84. The summed E-state index contributed by atoms with van der Waals surface area (Å²) in [4.78, 5) is 2.13. The van der Waals surface area contributed by atoms with E-state index in [9.17, 15) is 10.2 Å². The molecule has 3 rings (SSSR count). The van der Waals surface area contributed by atoms with Gasteiger partial charge in [-0.1, -0.05) is 30.3 Å². The van der Waals surface area contributed by atoms with Gasteiger partial charge in [0.05, 0.1) is 13.2 Å². The molecule has 0 fully saturated rings. The van der Waals surface area contributed by atoms with Gasteiger partial charge in [0.25, 0.3) is 0 Å². The van der Waals surface area contributed by atoms with Gasteiger partial charge >= 0.3 is 0 Å². The van der Waals surface area contributed by atoms with Gasteiger partial charge in [0.15, 0.2) is 11.5 Å². The number of aliphatic hydroxyl groups excluding tert-OH is 1. The molecule has 2 unspecified atom stereocenters. The van der Waals surface area contributed by atoms with E-state index < -0.39 is 6.10 Å². The summed E-state index contributed by atoms with van der Waals surface area (Å²) in [6.45, 7) is 0.660. The fraction of sp³-hybridized carbons (Fsp3) is 0.333. The van der Waals surface area contributed by atoms with Crippen LogP contribution < -0.4 is 4.74 Å². The number of fused-ring (bicyclic) bond motifs is 1. The van der Waals surface area contributed by atoms with E-state index in [2.05, 4.69) is 11.0 Å². The SMILES string of the molecule is COc1ccc(CN(C)C2Cc3ccccc3C2O)cc1O. The van der Waals surface area contributed by atoms with Crippen molar-refractivity contribution in [3.8, 4) is 11.5 Å². The van der Waals surface area contributed by atoms with E-state index in [1.165, 1.54) is 12.7 Å². The Kier molecular flexibility index (Phi) is 4.05. The van der Waals surface area contributed by atoms with Crippen LogP contribution in [0.2, 0.25) is 0 Å². The van der Waals surface area contributed by atoms with Crippen molar-refractivity contribution >= 4 is 0 Å². The molecular weight excluding hydrogens is 278 g/mol. The lowest BCUT2D eigenvalue weighted by Crippen LogP contribution is -2.34. The molecular formula is C18H21NO3. The second-order valence-electron chi connectivity index (χ2n) is 5.84. The Bertz CT molecular complexity index is 671. The van der Waals surface area contributed by atoms with Crippen LogP contribution in [0.4, 0.5) is 0 Å². The minimum absolute atomic E-state index is 0.0571. The van der Waals surface area contributed by atoms with Gasteiger partial charge in [-0.25, -0.2) is 0 Å². The van der Waals surface area contributed by atoms with Gasteiger partial charge < -0.3 is 14.9 Å². The number of hydrogen-bond donors (Lipinski definition) is 2. The first-order valence-corrected chi connectivity index (χ1v) is 7.42. The van der Waals surface area contributed by atoms with Crippen LogP contribution >= 0.6 is 0 Å². The molecule has 2 atom stereocenters. The van der Waals surface area contributed by atoms with Crippen molar-refractivity contribution in [3.63, 3.8) is 0 Å². The first-order chi connectivity index (χ1) is 10.6. The molecule has 0 amide bonds. The van der Waals surface area contributed by atoms with Crippen LogP contribution in [0.5, 0.6) is 11.5 Å². The summed E-state index contributed by atoms with van der Waals surface area (Å²) in [6.07, 6.45) is 0.378. The largest absolute Gasteiger partial charge is 0.504 e. The van der Waals surface area contributed by atoms with E-state index in [1.807, 2.05) is 31.3 Å². The van der Waals surface area contributed by atoms with Gasteiger partial charge in [0.1, 0.15) is 0 Å². The summed E-state index contributed by atoms with van der Waals surface area (Å²) in [5.41, 5.74) is 3.23. The standard InChI is InChI=1S/C18H21NO3/c1-19(11-12-7-8-17(22-2)16(20)9-12)15-10-13-5-3-4-6-14(13)18(15)21/h3-9,15,18,20-21H,10-11H2,1-2H3. The molecule has 0 aliphatic heterocycles. The Morgan fingerprint density at radius 1 is 1.23 bits per heavy atom. The zero-order chi connectivity index (χ0) is 15.7. The summed E-state index contributed by atoms with van der Waals surface area (Å²) in [6, 6.07) is 13.5. The molecule has 0 aromatic heterocycles. The zero-order valence-electron chi connectivity index (χ0n) is 12.9. The van der Waals surface area contributed by atoms with Crippen molar-refractivity contribution in [1.82, 2.24) is 4.90 Å². The van der Waals surface area contributed by atoms with Crippen LogP contribution in [0.3, 0.4) is 0 Å². The Labute approximate surface area is 130 Å². The van der Waals surface area contributed by atoms with Gasteiger partial charge in [0.2, 0.25) is 0 Å². The number of rotatable bonds is 4. The number of ether oxygens (including phenoxy) is 1. The van der Waals surface area contributed by atoms with E-state index in [0.29, 0.717) is 12.3 Å². The molecule has 22 heavy (non-hydrogen) atoms. The molecule has 4 nitrogen and oxygen atoms in total. The predicted octanol–water partition coefficient (Wildman–Crippen LogP) is 2.49. The summed E-state index contributed by atoms with van der Waals surface area (Å²) >= 11 is 0. The summed E-state index contributed by atoms with van der Waals surface area (Å²) in [5, 5.41) is 20.4. The number of methoxy groups -OCH3 is 1. The number of likely N-dealkylation sites (N-methyl/N-ethyl adjacent to an activating group) is 1. The highest BCUT2D eigenvalue weighted by Gasteiger charge is 2.33. The van der Waals surface area contributed by atoms with Crippen molar-refractivity contribution in [2.45, 2.75) is 25.1 Å². The molecule has 0 heterocycles. The quantitative estimate of drug-likeness (QED) is 0.911. The number of aliphatic hydroxyl groups is 1. The second kappa shape index (κ2) is 5.99. The molecule has 1 aliphatic carbocycles. The van der Waals surface area contributed by atoms with Crippen LogP contribution in [0, 0.1) is 0 Å². The van der Waals surface area contributed by atoms with Crippen molar-refractivity contribution in [1.29, 1.82) is 0 Å². The highest BCUT2D eigenvalue weighted by Crippen LogP contribution is 2.35. The smallest absolute Gasteiger partial charge is 0.160 e. The van der Waals surface area contributed by atoms with Gasteiger partial charge in [-0.05, 0) is 42.3 Å². The van der Waals surface area contributed by atoms with Crippen molar-refractivity contribution in [3.05, 3.63) is 59.2 Å². The molecule has 1 aliphatic rings. The van der Waals surface area contributed by atoms with Crippen molar-refractivity contribution in [2.24, 2.45) is 0 Å². The highest BCUT2D eigenvalue weighted by molar-refractivity contribution is 5.42. The average molecular weight is 299 g/mol. The highest BCUT2D eigenvalue weighted by atomic mass is 16.5. The Hall–Kier alpha value is -2.04. The fourth-order valence-corrected chi connectivity index (χ4v) is 3.19. The van der Waals surface area contributed by atoms with Crippen LogP contribution in [-0.4, -0.2) is 35.3 Å². The molecule has 0 radical (unpaired) electrons. The normalized spacial score (nSPS) is 20.2. The number of phenolic OH excluding ortho intramolecular Hbond substituents is 1. The van der Waals surface area contributed by atoms with Gasteiger partial charge in [-0.2, -0.15) is 0 Å². The van der Waals surface area contributed by atoms with Crippen LogP contribution in [-0.2, 0) is 13.0 Å². The van der Waals surface area contributed by atoms with Gasteiger partial charge in [-0.15, -0.1) is 0 Å². The predicted molar refractivity (Wildman–Crippen MR) is 85.0 cm³/mol. The van der Waals surface area contributed by atoms with Gasteiger partial charge in [-0.3, -0.25) is 4.90 Å². The number of phenols is 1. The van der Waals surface area contributed by atoms with E-state index in [1.54, 1.807) is 12.1 Å². The topological polar surface area (TPSA) is 52.9 Å². The molecule has 116 valence electrons. The van der Waals surface area contributed by atoms with E-state index in [-0.39, 0.29) is 11.8 Å². The fourth-order valence-electron chi connectivity index (χ4n) is 3.19. The summed E-state index contributed by atoms with van der Waals surface area (Å²) in [7, 11) is 3.54. The third-order valence-corrected chi connectivity index (χ3v) is 4.41. The average Bonchev–Trinajstić information content (AvgIpc) is 2.85. The lowest BCUT2D eigenvalue weighted by atomic mass is 10.1. The molecule has 2 N–H and O–H groups in total. The van der Waals surface area contributed by atoms with Crippen LogP contribution in [0.15, 0.2) is 42.5 Å². The Morgan fingerprint density at radius 2 is 2.00 bits per heavy atom. The number of aromatic hydroxyl groups is 1. The van der Waals surface area contributed by atoms with E-state index >= 15 is 0 Å². The van der Waals surface area contributed by atoms with E-state index in [0.717, 1.165) is 17.5 Å². The van der Waals surface area contributed by atoms with Gasteiger partial charge in [0, 0.05) is 12.6 Å². The molecule has 2 aromatic rings. The molecule has 0 spiro atoms. The van der Waals surface area contributed by atoms with E-state index in [4.69, 9.17) is 4.74 Å². The number of hydrogen-bond acceptors (Lipinski definition) is 4. The zero-order valence-corrected chi connectivity index (χ0v) is 12.9. The molecule has 0 saturated carbocycles. The lowest BCUT2D eigenvalue weighted by Gasteiger charge is -2.27. The molecule has 0 saturated heterocycles. The van der Waals surface area contributed by atoms with Crippen molar-refractivity contribution < 1.29 is 14.9 Å². The molecule has 2 aromatic carbocycles. The summed E-state index contributed by atoms with van der Waals surface area (Å²) < 4.78 is 5.06. The van der Waals surface area contributed by atoms with Crippen molar-refractivity contribution in [2.75, 3.05) is 14.2 Å². The first kappa shape index (κ1) is 14.9. The van der Waals surface area contributed by atoms with Crippen LogP contribution in [0.25, 0.3) is 0 Å². The maximum atomic E-state index is 10.5. The monoisotopic (exact) mass is 299 g/mol. The van der Waals surface area contributed by atoms with Crippen LogP contribution in [0.1, 0.15) is 22.8 Å². The maximum Gasteiger partial charge on any atom is 0.160 e. The Morgan fingerprint density at radius 3 is 2.68 bits per heavy atom.